The molecule has 0 radical (unpaired) electrons. The molecule has 6 nitrogen and oxygen atoms in total. The van der Waals surface area contributed by atoms with Crippen LogP contribution in [0, 0.1) is 29.9 Å². The number of ether oxygens (including phenoxy) is 1. The molecule has 1 atom stereocenters. The molecular weight excluding hydrogens is 495 g/mol. The molecule has 0 aliphatic rings. The van der Waals surface area contributed by atoms with E-state index in [1.807, 2.05) is 6.07 Å². The minimum Gasteiger partial charge on any atom is -0.480 e. The Balaban J connectivity index is 2.17. The lowest BCUT2D eigenvalue weighted by Crippen LogP contribution is -2.32. The van der Waals surface area contributed by atoms with E-state index in [-0.39, 0.29) is 22.0 Å². The Morgan fingerprint density at radius 3 is 2.54 bits per heavy atom. The summed E-state index contributed by atoms with van der Waals surface area (Å²) >= 11 is 5.90. The number of halogens is 6. The molecule has 1 heterocycles. The first kappa shape index (κ1) is 26.0. The van der Waals surface area contributed by atoms with Crippen molar-refractivity contribution >= 4 is 23.2 Å². The van der Waals surface area contributed by atoms with Gasteiger partial charge in [0, 0.05) is 12.1 Å². The molecule has 3 aromatic rings. The van der Waals surface area contributed by atoms with Crippen molar-refractivity contribution < 1.29 is 31.5 Å². The Hall–Kier alpha value is -3.65. The maximum atomic E-state index is 15.2. The first-order valence-electron chi connectivity index (χ1n) is 10.2. The normalized spacial score (nSPS) is 12.2. The number of nitrogens with zero attached hydrogens (tertiary/aromatic N) is 3. The number of imidazole rings is 1. The number of aryl methyl sites for hydroxylation is 1. The summed E-state index contributed by atoms with van der Waals surface area (Å²) in [6.07, 6.45) is -7.19. The van der Waals surface area contributed by atoms with Gasteiger partial charge < -0.3 is 14.6 Å². The van der Waals surface area contributed by atoms with Crippen molar-refractivity contribution in [1.82, 2.24) is 9.55 Å². The number of benzene rings is 2. The van der Waals surface area contributed by atoms with Gasteiger partial charge in [-0.15, -0.1) is 0 Å². The Morgan fingerprint density at radius 2 is 1.97 bits per heavy atom. The van der Waals surface area contributed by atoms with Gasteiger partial charge in [-0.2, -0.15) is 18.4 Å². The monoisotopic (exact) mass is 512 g/mol. The maximum absolute atomic E-state index is 15.2. The zero-order chi connectivity index (χ0) is 26.1. The number of anilines is 1. The van der Waals surface area contributed by atoms with Crippen LogP contribution < -0.4 is 10.1 Å². The number of nitrogens with one attached hydrogen (secondary N) is 1. The zero-order valence-corrected chi connectivity index (χ0v) is 19.4. The summed E-state index contributed by atoms with van der Waals surface area (Å²) in [4.78, 5) is 17.0. The molecule has 0 bridgehead atoms. The first-order chi connectivity index (χ1) is 16.4. The number of aromatic nitrogens is 2. The molecule has 0 spiro atoms. The van der Waals surface area contributed by atoms with Gasteiger partial charge in [-0.1, -0.05) is 17.7 Å². The summed E-state index contributed by atoms with van der Waals surface area (Å²) in [6.45, 7) is 4.35. The van der Waals surface area contributed by atoms with Crippen molar-refractivity contribution in [2.45, 2.75) is 39.6 Å². The number of rotatable bonds is 6. The van der Waals surface area contributed by atoms with E-state index in [9.17, 15) is 27.6 Å². The molecule has 1 unspecified atom stereocenters. The van der Waals surface area contributed by atoms with Crippen molar-refractivity contribution in [2.24, 2.45) is 0 Å². The van der Waals surface area contributed by atoms with Gasteiger partial charge in [0.1, 0.15) is 40.7 Å². The van der Waals surface area contributed by atoms with Gasteiger partial charge in [0.15, 0.2) is 6.10 Å². The lowest BCUT2D eigenvalue weighted by atomic mass is 10.0. The van der Waals surface area contributed by atoms with E-state index < -0.39 is 46.8 Å². The Labute approximate surface area is 201 Å². The van der Waals surface area contributed by atoms with E-state index in [0.717, 1.165) is 12.1 Å². The molecule has 0 saturated heterocycles. The second-order valence-electron chi connectivity index (χ2n) is 7.39. The van der Waals surface area contributed by atoms with E-state index >= 15 is 4.39 Å². The molecular formula is C23H18ClF5N4O2. The third-order valence-electron chi connectivity index (χ3n) is 5.12. The molecule has 0 aliphatic heterocycles. The van der Waals surface area contributed by atoms with Crippen LogP contribution in [0.1, 0.15) is 35.7 Å². The molecule has 0 fully saturated rings. The number of hydrogen-bond acceptors (Lipinski definition) is 4. The summed E-state index contributed by atoms with van der Waals surface area (Å²) in [5, 5.41) is 11.5. The van der Waals surface area contributed by atoms with Crippen LogP contribution >= 0.6 is 11.6 Å². The first-order valence-corrected chi connectivity index (χ1v) is 10.6. The smallest absolute Gasteiger partial charge is 0.425 e. The average Bonchev–Trinajstić information content (AvgIpc) is 3.11. The van der Waals surface area contributed by atoms with Crippen LogP contribution in [0.5, 0.6) is 5.75 Å². The van der Waals surface area contributed by atoms with Crippen LogP contribution in [-0.2, 0) is 6.54 Å². The molecule has 1 amide bonds. The Morgan fingerprint density at radius 1 is 1.29 bits per heavy atom. The van der Waals surface area contributed by atoms with E-state index in [4.69, 9.17) is 16.3 Å². The highest BCUT2D eigenvalue weighted by molar-refractivity contribution is 6.34. The lowest BCUT2D eigenvalue weighted by Gasteiger charge is -2.20. The Bertz CT molecular complexity index is 1310. The maximum Gasteiger partial charge on any atom is 0.425 e. The highest BCUT2D eigenvalue weighted by Gasteiger charge is 2.39. The molecule has 184 valence electrons. The summed E-state index contributed by atoms with van der Waals surface area (Å²) < 4.78 is 75.4. The number of carbonyl (C=O) groups is 1. The molecule has 0 saturated carbocycles. The van der Waals surface area contributed by atoms with E-state index in [0.29, 0.717) is 25.4 Å². The van der Waals surface area contributed by atoms with Crippen molar-refractivity contribution in [3.8, 4) is 23.1 Å². The third-order valence-corrected chi connectivity index (χ3v) is 5.43. The van der Waals surface area contributed by atoms with Crippen LogP contribution in [0.2, 0.25) is 5.02 Å². The van der Waals surface area contributed by atoms with Crippen LogP contribution in [0.15, 0.2) is 30.3 Å². The van der Waals surface area contributed by atoms with Crippen molar-refractivity contribution in [3.63, 3.8) is 0 Å². The number of hydrogen-bond donors (Lipinski definition) is 1. The zero-order valence-electron chi connectivity index (χ0n) is 18.6. The average molecular weight is 513 g/mol. The van der Waals surface area contributed by atoms with Gasteiger partial charge in [0.2, 0.25) is 0 Å². The van der Waals surface area contributed by atoms with Gasteiger partial charge in [-0.25, -0.2) is 13.8 Å². The number of para-hydroxylation sites is 1. The fraction of sp³-hybridized carbons (Fsp3) is 0.261. The molecule has 3 rings (SSSR count). The highest BCUT2D eigenvalue weighted by atomic mass is 35.5. The van der Waals surface area contributed by atoms with E-state index in [1.54, 1.807) is 13.8 Å². The van der Waals surface area contributed by atoms with Crippen LogP contribution in [0.3, 0.4) is 0 Å². The SMILES string of the molecule is CCn1c(C)nc(-c2cc(OC(C)C(F)(F)F)c(C(=O)Nc3c(F)cccc3Cl)cc2F)c1C#N. The highest BCUT2D eigenvalue weighted by Crippen LogP contribution is 2.35. The van der Waals surface area contributed by atoms with Gasteiger partial charge in [-0.05, 0) is 45.0 Å². The molecule has 1 aromatic heterocycles. The summed E-state index contributed by atoms with van der Waals surface area (Å²) in [5.41, 5.74) is -1.58. The fourth-order valence-electron chi connectivity index (χ4n) is 3.32. The molecule has 1 N–H and O–H groups in total. The predicted octanol–water partition coefficient (Wildman–Crippen LogP) is 6.26. The largest absolute Gasteiger partial charge is 0.480 e. The summed E-state index contributed by atoms with van der Waals surface area (Å²) in [7, 11) is 0. The predicted molar refractivity (Wildman–Crippen MR) is 118 cm³/mol. The minimum absolute atomic E-state index is 0.0194. The summed E-state index contributed by atoms with van der Waals surface area (Å²) in [5.74, 6) is -3.40. The molecule has 0 aliphatic carbocycles. The van der Waals surface area contributed by atoms with E-state index in [1.165, 1.54) is 16.7 Å². The quantitative estimate of drug-likeness (QED) is 0.395. The van der Waals surface area contributed by atoms with Crippen molar-refractivity contribution in [1.29, 1.82) is 5.26 Å². The second kappa shape index (κ2) is 9.92. The third kappa shape index (κ3) is 5.22. The van der Waals surface area contributed by atoms with Crippen molar-refractivity contribution in [2.75, 3.05) is 5.32 Å². The van der Waals surface area contributed by atoms with Gasteiger partial charge in [0.05, 0.1) is 16.3 Å². The number of amides is 1. The molecule has 2 aromatic carbocycles. The number of alkyl halides is 3. The van der Waals surface area contributed by atoms with Gasteiger partial charge >= 0.3 is 6.18 Å². The van der Waals surface area contributed by atoms with E-state index in [2.05, 4.69) is 10.3 Å². The Kier molecular flexibility index (Phi) is 7.36. The van der Waals surface area contributed by atoms with Crippen LogP contribution in [0.25, 0.3) is 11.3 Å². The molecule has 12 heteroatoms. The fourth-order valence-corrected chi connectivity index (χ4v) is 3.53. The second-order valence-corrected chi connectivity index (χ2v) is 7.80. The van der Waals surface area contributed by atoms with Gasteiger partial charge in [-0.3, -0.25) is 4.79 Å². The summed E-state index contributed by atoms with van der Waals surface area (Å²) in [6, 6.07) is 6.97. The number of nitriles is 1. The number of carbonyl (C=O) groups excluding carboxylic acids is 1. The van der Waals surface area contributed by atoms with Crippen LogP contribution in [-0.4, -0.2) is 27.7 Å². The van der Waals surface area contributed by atoms with Gasteiger partial charge in [0.25, 0.3) is 5.91 Å². The molecule has 35 heavy (non-hydrogen) atoms. The van der Waals surface area contributed by atoms with Crippen molar-refractivity contribution in [3.05, 3.63) is 64.1 Å². The van der Waals surface area contributed by atoms with Crippen LogP contribution in [0.4, 0.5) is 27.6 Å². The standard InChI is InChI=1S/C23H18ClF5N4O2/c1-4-33-12(3)31-20(18(33)10-30)13-9-19(35-11(2)23(27,28)29)14(8-17(13)26)22(34)32-21-15(24)6-5-7-16(21)25/h5-9,11H,4H2,1-3H3,(H,32,34). The topological polar surface area (TPSA) is 79.9 Å². The minimum atomic E-state index is -4.81. The lowest BCUT2D eigenvalue weighted by molar-refractivity contribution is -0.189.